The summed E-state index contributed by atoms with van der Waals surface area (Å²) in [6.45, 7) is 10.4. The molecule has 0 saturated heterocycles. The molecule has 1 aromatic heterocycles. The molecule has 0 fully saturated rings. The Kier molecular flexibility index (Phi) is 5.74. The maximum atomic E-state index is 12.5. The van der Waals surface area contributed by atoms with Gasteiger partial charge in [-0.2, -0.15) is 0 Å². The molecule has 4 nitrogen and oxygen atoms in total. The summed E-state index contributed by atoms with van der Waals surface area (Å²) in [4.78, 5) is 20.7. The molecule has 1 heterocycles. The monoisotopic (exact) mass is 311 g/mol. The molecule has 0 aliphatic carbocycles. The minimum absolute atomic E-state index is 0.0165. The van der Waals surface area contributed by atoms with E-state index in [0.717, 1.165) is 17.9 Å². The van der Waals surface area contributed by atoms with Crippen LogP contribution in [0.2, 0.25) is 0 Å². The Bertz CT molecular complexity index is 665. The highest BCUT2D eigenvalue weighted by Crippen LogP contribution is 2.26. The Labute approximate surface area is 138 Å². The molecule has 0 bridgehead atoms. The number of aromatic nitrogens is 1. The summed E-state index contributed by atoms with van der Waals surface area (Å²) < 4.78 is 0. The molecule has 2 rings (SSSR count). The van der Waals surface area contributed by atoms with Gasteiger partial charge in [-0.05, 0) is 57.5 Å². The average Bonchev–Trinajstić information content (AvgIpc) is 2.57. The van der Waals surface area contributed by atoms with E-state index in [1.165, 1.54) is 5.56 Å². The molecular weight excluding hydrogens is 286 g/mol. The van der Waals surface area contributed by atoms with Gasteiger partial charge in [0, 0.05) is 37.2 Å². The molecule has 0 saturated carbocycles. The highest BCUT2D eigenvalue weighted by atomic mass is 16.2. The van der Waals surface area contributed by atoms with Crippen LogP contribution in [0.3, 0.4) is 0 Å². The second-order valence-electron chi connectivity index (χ2n) is 5.46. The molecule has 23 heavy (non-hydrogen) atoms. The largest absolute Gasteiger partial charge is 0.342 e. The topological polar surface area (TPSA) is 36.4 Å². The first-order valence-corrected chi connectivity index (χ1v) is 8.20. The van der Waals surface area contributed by atoms with Crippen LogP contribution in [0, 0.1) is 6.92 Å². The lowest BCUT2D eigenvalue weighted by Crippen LogP contribution is -2.31. The van der Waals surface area contributed by atoms with Crippen molar-refractivity contribution in [1.29, 1.82) is 0 Å². The van der Waals surface area contributed by atoms with Crippen molar-refractivity contribution in [3.8, 4) is 0 Å². The van der Waals surface area contributed by atoms with Crippen LogP contribution in [-0.2, 0) is 0 Å². The number of aryl methyl sites for hydroxylation is 1. The quantitative estimate of drug-likeness (QED) is 0.808. The van der Waals surface area contributed by atoms with E-state index in [1.807, 2.05) is 26.0 Å². The number of amides is 1. The molecule has 0 aliphatic rings. The maximum Gasteiger partial charge on any atom is 0.272 e. The van der Waals surface area contributed by atoms with Gasteiger partial charge in [0.15, 0.2) is 0 Å². The van der Waals surface area contributed by atoms with Gasteiger partial charge >= 0.3 is 0 Å². The minimum Gasteiger partial charge on any atom is -0.342 e. The van der Waals surface area contributed by atoms with Crippen molar-refractivity contribution in [3.63, 3.8) is 0 Å². The SMILES string of the molecule is CCN(CC)C(=O)c1cc(N(CC)c2cccc(C)c2)ccn1. The summed E-state index contributed by atoms with van der Waals surface area (Å²) in [7, 11) is 0. The fourth-order valence-corrected chi connectivity index (χ4v) is 2.69. The molecule has 0 atom stereocenters. The highest BCUT2D eigenvalue weighted by Gasteiger charge is 2.16. The van der Waals surface area contributed by atoms with E-state index < -0.39 is 0 Å². The van der Waals surface area contributed by atoms with E-state index in [1.54, 1.807) is 11.1 Å². The number of hydrogen-bond acceptors (Lipinski definition) is 3. The zero-order chi connectivity index (χ0) is 16.8. The number of carbonyl (C=O) groups is 1. The molecule has 2 aromatic rings. The Balaban J connectivity index is 2.35. The van der Waals surface area contributed by atoms with E-state index in [2.05, 4.69) is 48.0 Å². The summed E-state index contributed by atoms with van der Waals surface area (Å²) in [5, 5.41) is 0. The average molecular weight is 311 g/mol. The summed E-state index contributed by atoms with van der Waals surface area (Å²) in [5.74, 6) is -0.0165. The Morgan fingerprint density at radius 3 is 2.30 bits per heavy atom. The van der Waals surface area contributed by atoms with Crippen LogP contribution in [0.1, 0.15) is 36.8 Å². The van der Waals surface area contributed by atoms with Crippen molar-refractivity contribution < 1.29 is 4.79 Å². The molecule has 0 radical (unpaired) electrons. The predicted octanol–water partition coefficient (Wildman–Crippen LogP) is 4.03. The van der Waals surface area contributed by atoms with Gasteiger partial charge in [0.1, 0.15) is 5.69 Å². The number of anilines is 2. The van der Waals surface area contributed by atoms with Crippen LogP contribution in [-0.4, -0.2) is 35.4 Å². The molecule has 0 unspecified atom stereocenters. The van der Waals surface area contributed by atoms with E-state index in [-0.39, 0.29) is 5.91 Å². The summed E-state index contributed by atoms with van der Waals surface area (Å²) in [5.41, 5.74) is 3.83. The summed E-state index contributed by atoms with van der Waals surface area (Å²) >= 11 is 0. The third-order valence-corrected chi connectivity index (χ3v) is 3.95. The Hall–Kier alpha value is -2.36. The van der Waals surface area contributed by atoms with Crippen molar-refractivity contribution in [3.05, 3.63) is 53.9 Å². The van der Waals surface area contributed by atoms with Crippen LogP contribution < -0.4 is 4.90 Å². The zero-order valence-electron chi connectivity index (χ0n) is 14.4. The second kappa shape index (κ2) is 7.77. The van der Waals surface area contributed by atoms with Gasteiger partial charge in [-0.3, -0.25) is 9.78 Å². The van der Waals surface area contributed by atoms with Gasteiger partial charge in [0.05, 0.1) is 0 Å². The number of rotatable bonds is 6. The number of nitrogens with zero attached hydrogens (tertiary/aromatic N) is 3. The second-order valence-corrected chi connectivity index (χ2v) is 5.46. The van der Waals surface area contributed by atoms with Crippen molar-refractivity contribution in [1.82, 2.24) is 9.88 Å². The zero-order valence-corrected chi connectivity index (χ0v) is 14.4. The molecule has 0 N–H and O–H groups in total. The van der Waals surface area contributed by atoms with Gasteiger partial charge in [0.2, 0.25) is 0 Å². The fourth-order valence-electron chi connectivity index (χ4n) is 2.69. The molecule has 1 amide bonds. The molecule has 4 heteroatoms. The van der Waals surface area contributed by atoms with Gasteiger partial charge in [-0.25, -0.2) is 0 Å². The predicted molar refractivity (Wildman–Crippen MR) is 95.3 cm³/mol. The van der Waals surface area contributed by atoms with E-state index in [0.29, 0.717) is 18.8 Å². The molecule has 122 valence electrons. The lowest BCUT2D eigenvalue weighted by atomic mass is 10.2. The molecule has 1 aromatic carbocycles. The standard InChI is InChI=1S/C19H25N3O/c1-5-21(6-2)19(23)18-14-17(11-12-20-18)22(7-3)16-10-8-9-15(4)13-16/h8-14H,5-7H2,1-4H3. The smallest absolute Gasteiger partial charge is 0.272 e. The van der Waals surface area contributed by atoms with Crippen molar-refractivity contribution >= 4 is 17.3 Å². The van der Waals surface area contributed by atoms with Gasteiger partial charge in [-0.15, -0.1) is 0 Å². The lowest BCUT2D eigenvalue weighted by Gasteiger charge is -2.24. The molecule has 0 aliphatic heterocycles. The normalized spacial score (nSPS) is 10.4. The van der Waals surface area contributed by atoms with E-state index >= 15 is 0 Å². The van der Waals surface area contributed by atoms with Crippen molar-refractivity contribution in [2.75, 3.05) is 24.5 Å². The number of benzene rings is 1. The van der Waals surface area contributed by atoms with Crippen LogP contribution in [0.4, 0.5) is 11.4 Å². The Morgan fingerprint density at radius 2 is 1.70 bits per heavy atom. The van der Waals surface area contributed by atoms with Crippen LogP contribution in [0.5, 0.6) is 0 Å². The van der Waals surface area contributed by atoms with Crippen LogP contribution in [0.25, 0.3) is 0 Å². The van der Waals surface area contributed by atoms with Crippen LogP contribution >= 0.6 is 0 Å². The summed E-state index contributed by atoms with van der Waals surface area (Å²) in [6.07, 6.45) is 1.71. The molecular formula is C19H25N3O. The first-order chi connectivity index (χ1) is 11.1. The first-order valence-electron chi connectivity index (χ1n) is 8.20. The van der Waals surface area contributed by atoms with Crippen molar-refractivity contribution in [2.24, 2.45) is 0 Å². The van der Waals surface area contributed by atoms with E-state index in [9.17, 15) is 4.79 Å². The first kappa shape index (κ1) is 17.0. The third kappa shape index (κ3) is 3.89. The van der Waals surface area contributed by atoms with E-state index in [4.69, 9.17) is 0 Å². The number of pyridine rings is 1. The summed E-state index contributed by atoms with van der Waals surface area (Å²) in [6, 6.07) is 12.2. The maximum absolute atomic E-state index is 12.5. The van der Waals surface area contributed by atoms with Gasteiger partial charge in [-0.1, -0.05) is 12.1 Å². The number of carbonyl (C=O) groups excluding carboxylic acids is 1. The third-order valence-electron chi connectivity index (χ3n) is 3.95. The Morgan fingerprint density at radius 1 is 1.00 bits per heavy atom. The van der Waals surface area contributed by atoms with Gasteiger partial charge in [0.25, 0.3) is 5.91 Å². The van der Waals surface area contributed by atoms with Gasteiger partial charge < -0.3 is 9.80 Å². The fraction of sp³-hybridized carbons (Fsp3) is 0.368. The van der Waals surface area contributed by atoms with Crippen LogP contribution in [0.15, 0.2) is 42.6 Å². The lowest BCUT2D eigenvalue weighted by molar-refractivity contribution is 0.0767. The highest BCUT2D eigenvalue weighted by molar-refractivity contribution is 5.93. The van der Waals surface area contributed by atoms with Crippen molar-refractivity contribution in [2.45, 2.75) is 27.7 Å². The molecule has 0 spiro atoms. The number of hydrogen-bond donors (Lipinski definition) is 0. The minimum atomic E-state index is -0.0165.